The van der Waals surface area contributed by atoms with Gasteiger partial charge >= 0.3 is 0 Å². The lowest BCUT2D eigenvalue weighted by atomic mass is 9.91. The van der Waals surface area contributed by atoms with Gasteiger partial charge in [0, 0.05) is 32.5 Å². The molecule has 2 fully saturated rings. The first kappa shape index (κ1) is 14.0. The molecule has 3 heterocycles. The summed E-state index contributed by atoms with van der Waals surface area (Å²) >= 11 is 0. The van der Waals surface area contributed by atoms with E-state index in [9.17, 15) is 9.59 Å². The molecule has 2 atom stereocenters. The van der Waals surface area contributed by atoms with Crippen LogP contribution in [0.5, 0.6) is 0 Å². The van der Waals surface area contributed by atoms with Crippen molar-refractivity contribution in [1.82, 2.24) is 14.8 Å². The van der Waals surface area contributed by atoms with Crippen LogP contribution in [0.15, 0.2) is 18.5 Å². The van der Waals surface area contributed by atoms with E-state index in [1.807, 2.05) is 24.9 Å². The molecule has 0 aromatic carbocycles. The van der Waals surface area contributed by atoms with Crippen LogP contribution in [0.25, 0.3) is 0 Å². The summed E-state index contributed by atoms with van der Waals surface area (Å²) in [7, 11) is 1.83. The molecule has 0 saturated carbocycles. The first-order chi connectivity index (χ1) is 10.1. The SMILES string of the molecule is Cc1cnccc1CC(=O)N1CCC[C@H]2C(=O)N(C)C[C@H]21. The molecule has 2 aliphatic rings. The molecule has 2 saturated heterocycles. The molecule has 0 radical (unpaired) electrons. The molecule has 0 spiro atoms. The number of likely N-dealkylation sites (N-methyl/N-ethyl adjacent to an activating group) is 1. The topological polar surface area (TPSA) is 53.5 Å². The number of aryl methyl sites for hydroxylation is 1. The molecule has 21 heavy (non-hydrogen) atoms. The molecule has 5 nitrogen and oxygen atoms in total. The number of amides is 2. The molecule has 0 N–H and O–H groups in total. The van der Waals surface area contributed by atoms with Gasteiger partial charge in [-0.05, 0) is 37.0 Å². The highest BCUT2D eigenvalue weighted by molar-refractivity contribution is 5.85. The Labute approximate surface area is 124 Å². The van der Waals surface area contributed by atoms with E-state index in [1.54, 1.807) is 17.3 Å². The minimum atomic E-state index is 0.00577. The second kappa shape index (κ2) is 5.47. The number of rotatable bonds is 2. The van der Waals surface area contributed by atoms with E-state index in [0.29, 0.717) is 13.0 Å². The predicted octanol–water partition coefficient (Wildman–Crippen LogP) is 1.01. The Kier molecular flexibility index (Phi) is 3.66. The summed E-state index contributed by atoms with van der Waals surface area (Å²) in [4.78, 5) is 32.5. The smallest absolute Gasteiger partial charge is 0.227 e. The molecular formula is C16H21N3O2. The van der Waals surface area contributed by atoms with E-state index in [2.05, 4.69) is 4.98 Å². The van der Waals surface area contributed by atoms with Gasteiger partial charge in [0.15, 0.2) is 0 Å². The maximum atomic E-state index is 12.7. The summed E-state index contributed by atoms with van der Waals surface area (Å²) in [6.07, 6.45) is 5.74. The second-order valence-electron chi connectivity index (χ2n) is 6.10. The molecule has 2 aliphatic heterocycles. The van der Waals surface area contributed by atoms with Gasteiger partial charge in [-0.15, -0.1) is 0 Å². The van der Waals surface area contributed by atoms with Gasteiger partial charge in [0.25, 0.3) is 0 Å². The summed E-state index contributed by atoms with van der Waals surface area (Å²) in [5, 5.41) is 0. The Morgan fingerprint density at radius 2 is 2.29 bits per heavy atom. The maximum Gasteiger partial charge on any atom is 0.227 e. The number of nitrogens with zero attached hydrogens (tertiary/aromatic N) is 3. The zero-order chi connectivity index (χ0) is 15.0. The summed E-state index contributed by atoms with van der Waals surface area (Å²) in [5.74, 6) is 0.325. The zero-order valence-electron chi connectivity index (χ0n) is 12.6. The first-order valence-corrected chi connectivity index (χ1v) is 7.52. The molecule has 5 heteroatoms. The van der Waals surface area contributed by atoms with Crippen molar-refractivity contribution in [2.75, 3.05) is 20.1 Å². The highest BCUT2D eigenvalue weighted by Gasteiger charge is 2.45. The minimum Gasteiger partial charge on any atom is -0.343 e. The number of hydrogen-bond donors (Lipinski definition) is 0. The fourth-order valence-electron chi connectivity index (χ4n) is 3.50. The van der Waals surface area contributed by atoms with Crippen LogP contribution in [0.1, 0.15) is 24.0 Å². The predicted molar refractivity (Wildman–Crippen MR) is 78.5 cm³/mol. The van der Waals surface area contributed by atoms with Crippen molar-refractivity contribution in [2.45, 2.75) is 32.2 Å². The number of likely N-dealkylation sites (tertiary alicyclic amines) is 2. The number of fused-ring (bicyclic) bond motifs is 1. The van der Waals surface area contributed by atoms with E-state index in [-0.39, 0.29) is 23.8 Å². The summed E-state index contributed by atoms with van der Waals surface area (Å²) in [6.45, 7) is 3.41. The summed E-state index contributed by atoms with van der Waals surface area (Å²) in [6, 6.07) is 1.96. The van der Waals surface area contributed by atoms with Gasteiger partial charge in [0.1, 0.15) is 0 Å². The van der Waals surface area contributed by atoms with Crippen LogP contribution in [-0.2, 0) is 16.0 Å². The largest absolute Gasteiger partial charge is 0.343 e. The van der Waals surface area contributed by atoms with E-state index in [1.165, 1.54) is 0 Å². The molecule has 0 aliphatic carbocycles. The van der Waals surface area contributed by atoms with Crippen molar-refractivity contribution in [3.63, 3.8) is 0 Å². The van der Waals surface area contributed by atoms with Gasteiger partial charge in [-0.3, -0.25) is 14.6 Å². The van der Waals surface area contributed by atoms with Gasteiger partial charge in [-0.25, -0.2) is 0 Å². The van der Waals surface area contributed by atoms with E-state index < -0.39 is 0 Å². The van der Waals surface area contributed by atoms with Crippen molar-refractivity contribution in [3.05, 3.63) is 29.6 Å². The van der Waals surface area contributed by atoms with Crippen molar-refractivity contribution < 1.29 is 9.59 Å². The molecule has 2 amide bonds. The number of piperidine rings is 1. The highest BCUT2D eigenvalue weighted by atomic mass is 16.2. The molecule has 112 valence electrons. The van der Waals surface area contributed by atoms with Gasteiger partial charge in [0.05, 0.1) is 18.4 Å². The Morgan fingerprint density at radius 1 is 1.48 bits per heavy atom. The fourth-order valence-corrected chi connectivity index (χ4v) is 3.50. The van der Waals surface area contributed by atoms with Gasteiger partial charge in [-0.1, -0.05) is 0 Å². The molecule has 0 unspecified atom stereocenters. The molecule has 1 aromatic rings. The maximum absolute atomic E-state index is 12.7. The van der Waals surface area contributed by atoms with Crippen LogP contribution in [0, 0.1) is 12.8 Å². The first-order valence-electron chi connectivity index (χ1n) is 7.52. The van der Waals surface area contributed by atoms with Crippen LogP contribution < -0.4 is 0 Å². The van der Waals surface area contributed by atoms with Crippen LogP contribution >= 0.6 is 0 Å². The Morgan fingerprint density at radius 3 is 3.05 bits per heavy atom. The summed E-state index contributed by atoms with van der Waals surface area (Å²) in [5.41, 5.74) is 2.06. The number of carbonyl (C=O) groups excluding carboxylic acids is 2. The second-order valence-corrected chi connectivity index (χ2v) is 6.10. The van der Waals surface area contributed by atoms with Crippen molar-refractivity contribution in [3.8, 4) is 0 Å². The van der Waals surface area contributed by atoms with Gasteiger partial charge in [-0.2, -0.15) is 0 Å². The zero-order valence-corrected chi connectivity index (χ0v) is 12.6. The summed E-state index contributed by atoms with van der Waals surface area (Å²) < 4.78 is 0. The molecular weight excluding hydrogens is 266 g/mol. The number of aromatic nitrogens is 1. The quantitative estimate of drug-likeness (QED) is 0.816. The van der Waals surface area contributed by atoms with Crippen LogP contribution in [0.3, 0.4) is 0 Å². The lowest BCUT2D eigenvalue weighted by Crippen LogP contribution is -2.49. The van der Waals surface area contributed by atoms with Crippen LogP contribution in [0.4, 0.5) is 0 Å². The average molecular weight is 287 g/mol. The van der Waals surface area contributed by atoms with Crippen LogP contribution in [0.2, 0.25) is 0 Å². The highest BCUT2D eigenvalue weighted by Crippen LogP contribution is 2.31. The lowest BCUT2D eigenvalue weighted by Gasteiger charge is -2.36. The third kappa shape index (κ3) is 2.52. The number of pyridine rings is 1. The molecule has 3 rings (SSSR count). The normalized spacial score (nSPS) is 25.1. The fraction of sp³-hybridized carbons (Fsp3) is 0.562. The molecule has 0 bridgehead atoms. The third-order valence-corrected chi connectivity index (χ3v) is 4.73. The van der Waals surface area contributed by atoms with Crippen molar-refractivity contribution >= 4 is 11.8 Å². The monoisotopic (exact) mass is 287 g/mol. The van der Waals surface area contributed by atoms with Crippen molar-refractivity contribution in [2.24, 2.45) is 5.92 Å². The lowest BCUT2D eigenvalue weighted by molar-refractivity contribution is -0.136. The number of hydrogen-bond acceptors (Lipinski definition) is 3. The standard InChI is InChI=1S/C16H21N3O2/c1-11-9-17-6-5-12(11)8-15(20)19-7-3-4-13-14(19)10-18(2)16(13)21/h5-6,9,13-14H,3-4,7-8,10H2,1-2H3/t13-,14-/m1/s1. The van der Waals surface area contributed by atoms with E-state index >= 15 is 0 Å². The molecule has 1 aromatic heterocycles. The average Bonchev–Trinajstić information content (AvgIpc) is 2.77. The van der Waals surface area contributed by atoms with E-state index in [0.717, 1.165) is 30.5 Å². The Bertz CT molecular complexity index is 572. The number of carbonyl (C=O) groups is 2. The van der Waals surface area contributed by atoms with Gasteiger partial charge in [0.2, 0.25) is 11.8 Å². The van der Waals surface area contributed by atoms with Crippen molar-refractivity contribution in [1.29, 1.82) is 0 Å². The van der Waals surface area contributed by atoms with Gasteiger partial charge < -0.3 is 9.80 Å². The Hall–Kier alpha value is -1.91. The van der Waals surface area contributed by atoms with Crippen LogP contribution in [-0.4, -0.2) is 52.8 Å². The third-order valence-electron chi connectivity index (χ3n) is 4.73. The van der Waals surface area contributed by atoms with E-state index in [4.69, 9.17) is 0 Å². The minimum absolute atomic E-state index is 0.00577. The Balaban J connectivity index is 1.75.